The van der Waals surface area contributed by atoms with Gasteiger partial charge in [0.25, 0.3) is 5.91 Å². The van der Waals surface area contributed by atoms with Crippen LogP contribution in [0.1, 0.15) is 47.8 Å². The summed E-state index contributed by atoms with van der Waals surface area (Å²) in [6, 6.07) is 2.03. The summed E-state index contributed by atoms with van der Waals surface area (Å²) in [5, 5.41) is 5.14. The Kier molecular flexibility index (Phi) is 4.10. The predicted octanol–water partition coefficient (Wildman–Crippen LogP) is 3.59. The fraction of sp³-hybridized carbons (Fsp3) is 0.615. The minimum atomic E-state index is -0.159. The number of amides is 1. The third-order valence-corrected chi connectivity index (χ3v) is 5.00. The predicted molar refractivity (Wildman–Crippen MR) is 73.1 cm³/mol. The Morgan fingerprint density at radius 1 is 1.53 bits per heavy atom. The molecular weight excluding hydrogens is 254 g/mol. The number of alkyl halides is 1. The highest BCUT2D eigenvalue weighted by atomic mass is 35.5. The molecule has 1 aromatic heterocycles. The van der Waals surface area contributed by atoms with Crippen LogP contribution in [-0.2, 0) is 6.42 Å². The number of carbonyl (C=O) groups excluding carboxylic acids is 1. The molecule has 0 atom stereocenters. The molecule has 2 rings (SSSR count). The Morgan fingerprint density at radius 2 is 2.24 bits per heavy atom. The van der Waals surface area contributed by atoms with Crippen molar-refractivity contribution in [1.29, 1.82) is 0 Å². The van der Waals surface area contributed by atoms with Crippen LogP contribution in [0.2, 0.25) is 0 Å². The van der Waals surface area contributed by atoms with Crippen molar-refractivity contribution in [3.8, 4) is 0 Å². The van der Waals surface area contributed by atoms with Gasteiger partial charge in [0.15, 0.2) is 0 Å². The fourth-order valence-corrected chi connectivity index (χ4v) is 3.68. The summed E-state index contributed by atoms with van der Waals surface area (Å²) < 4.78 is 0. The van der Waals surface area contributed by atoms with Crippen molar-refractivity contribution in [2.75, 3.05) is 5.88 Å². The Bertz CT molecular complexity index is 396. The molecule has 0 radical (unpaired) electrons. The second-order valence-electron chi connectivity index (χ2n) is 4.70. The van der Waals surface area contributed by atoms with Crippen molar-refractivity contribution >= 4 is 28.8 Å². The van der Waals surface area contributed by atoms with Crippen molar-refractivity contribution in [2.24, 2.45) is 0 Å². The Balaban J connectivity index is 2.11. The molecule has 1 saturated carbocycles. The molecule has 94 valence electrons. The molecule has 1 heterocycles. The molecule has 0 aromatic carbocycles. The van der Waals surface area contributed by atoms with Gasteiger partial charge in [-0.05, 0) is 36.3 Å². The summed E-state index contributed by atoms with van der Waals surface area (Å²) in [4.78, 5) is 13.1. The van der Waals surface area contributed by atoms with E-state index in [1.165, 1.54) is 11.3 Å². The van der Waals surface area contributed by atoms with Gasteiger partial charge in [0.1, 0.15) is 0 Å². The largest absolute Gasteiger partial charge is 0.345 e. The summed E-state index contributed by atoms with van der Waals surface area (Å²) in [5.41, 5.74) is 0.975. The monoisotopic (exact) mass is 271 g/mol. The number of hydrogen-bond acceptors (Lipinski definition) is 2. The summed E-state index contributed by atoms with van der Waals surface area (Å²) in [6.45, 7) is 2.08. The molecule has 1 N–H and O–H groups in total. The molecule has 4 heteroatoms. The molecule has 0 bridgehead atoms. The van der Waals surface area contributed by atoms with Crippen LogP contribution in [0.15, 0.2) is 11.4 Å². The maximum absolute atomic E-state index is 12.2. The molecule has 0 saturated heterocycles. The normalized spacial score (nSPS) is 18.2. The first-order valence-electron chi connectivity index (χ1n) is 6.15. The van der Waals surface area contributed by atoms with Gasteiger partial charge in [-0.25, -0.2) is 0 Å². The minimum Gasteiger partial charge on any atom is -0.345 e. The topological polar surface area (TPSA) is 29.1 Å². The highest BCUT2D eigenvalue weighted by molar-refractivity contribution is 7.12. The Hall–Kier alpha value is -0.540. The number of rotatable bonds is 4. The van der Waals surface area contributed by atoms with Gasteiger partial charge in [-0.1, -0.05) is 19.8 Å². The Morgan fingerprint density at radius 3 is 2.82 bits per heavy atom. The fourth-order valence-electron chi connectivity index (χ4n) is 2.45. The number of carbonyl (C=O) groups is 1. The van der Waals surface area contributed by atoms with Gasteiger partial charge >= 0.3 is 0 Å². The van der Waals surface area contributed by atoms with Gasteiger partial charge in [0, 0.05) is 5.88 Å². The van der Waals surface area contributed by atoms with E-state index >= 15 is 0 Å². The summed E-state index contributed by atoms with van der Waals surface area (Å²) in [5.74, 6) is 0.574. The minimum absolute atomic E-state index is 0.0550. The van der Waals surface area contributed by atoms with Crippen molar-refractivity contribution in [1.82, 2.24) is 5.32 Å². The second kappa shape index (κ2) is 5.40. The van der Waals surface area contributed by atoms with Gasteiger partial charge in [-0.15, -0.1) is 22.9 Å². The summed E-state index contributed by atoms with van der Waals surface area (Å²) in [6.07, 6.45) is 5.25. The van der Waals surface area contributed by atoms with Crippen molar-refractivity contribution in [3.05, 3.63) is 21.9 Å². The molecular formula is C13H18ClNOS. The van der Waals surface area contributed by atoms with Crippen LogP contribution in [0.3, 0.4) is 0 Å². The van der Waals surface area contributed by atoms with E-state index in [4.69, 9.17) is 11.6 Å². The lowest BCUT2D eigenvalue weighted by Crippen LogP contribution is -2.47. The zero-order chi connectivity index (χ0) is 12.3. The Labute approximate surface area is 111 Å². The van der Waals surface area contributed by atoms with E-state index < -0.39 is 0 Å². The zero-order valence-corrected chi connectivity index (χ0v) is 11.7. The highest BCUT2D eigenvalue weighted by Crippen LogP contribution is 2.31. The lowest BCUT2D eigenvalue weighted by molar-refractivity contribution is 0.0912. The lowest BCUT2D eigenvalue weighted by atomic mass is 10.00. The van der Waals surface area contributed by atoms with E-state index in [0.29, 0.717) is 5.88 Å². The van der Waals surface area contributed by atoms with Crippen molar-refractivity contribution in [3.63, 3.8) is 0 Å². The van der Waals surface area contributed by atoms with Crippen LogP contribution >= 0.6 is 22.9 Å². The van der Waals surface area contributed by atoms with Gasteiger partial charge in [-0.2, -0.15) is 0 Å². The van der Waals surface area contributed by atoms with Crippen LogP contribution in [-0.4, -0.2) is 17.3 Å². The molecule has 17 heavy (non-hydrogen) atoms. The maximum atomic E-state index is 12.2. The third-order valence-electron chi connectivity index (χ3n) is 3.53. The number of hydrogen-bond donors (Lipinski definition) is 1. The maximum Gasteiger partial charge on any atom is 0.262 e. The second-order valence-corrected chi connectivity index (χ2v) is 5.89. The van der Waals surface area contributed by atoms with E-state index in [1.807, 2.05) is 11.4 Å². The van der Waals surface area contributed by atoms with Crippen molar-refractivity contribution < 1.29 is 4.79 Å². The average molecular weight is 272 g/mol. The standard InChI is InChI=1S/C13H18ClNOS/c1-2-10-5-8-17-11(10)12(16)15-13(9-14)6-3-4-7-13/h5,8H,2-4,6-7,9H2,1H3,(H,15,16). The van der Waals surface area contributed by atoms with Gasteiger partial charge in [0.05, 0.1) is 10.4 Å². The van der Waals surface area contributed by atoms with Gasteiger partial charge in [-0.3, -0.25) is 4.79 Å². The summed E-state index contributed by atoms with van der Waals surface area (Å²) in [7, 11) is 0. The molecule has 2 nitrogen and oxygen atoms in total. The lowest BCUT2D eigenvalue weighted by Gasteiger charge is -2.27. The van der Waals surface area contributed by atoms with Gasteiger partial charge < -0.3 is 5.32 Å². The smallest absolute Gasteiger partial charge is 0.262 e. The molecule has 1 fully saturated rings. The summed E-state index contributed by atoms with van der Waals surface area (Å²) >= 11 is 7.55. The zero-order valence-electron chi connectivity index (χ0n) is 10.1. The van der Waals surface area contributed by atoms with E-state index in [9.17, 15) is 4.79 Å². The van der Waals surface area contributed by atoms with E-state index in [0.717, 1.165) is 42.5 Å². The first kappa shape index (κ1) is 12.9. The average Bonchev–Trinajstić information content (AvgIpc) is 2.97. The van der Waals surface area contributed by atoms with Crippen LogP contribution in [0.4, 0.5) is 0 Å². The molecule has 1 amide bonds. The SMILES string of the molecule is CCc1ccsc1C(=O)NC1(CCl)CCCC1. The quantitative estimate of drug-likeness (QED) is 0.833. The van der Waals surface area contributed by atoms with E-state index in [2.05, 4.69) is 12.2 Å². The van der Waals surface area contributed by atoms with Gasteiger partial charge in [0.2, 0.25) is 0 Å². The first-order chi connectivity index (χ1) is 8.21. The van der Waals surface area contributed by atoms with Crippen LogP contribution in [0.25, 0.3) is 0 Å². The number of thiophene rings is 1. The van der Waals surface area contributed by atoms with E-state index in [1.54, 1.807) is 0 Å². The molecule has 0 unspecified atom stereocenters. The molecule has 1 aromatic rings. The molecule has 1 aliphatic carbocycles. The number of aryl methyl sites for hydroxylation is 1. The first-order valence-corrected chi connectivity index (χ1v) is 7.57. The van der Waals surface area contributed by atoms with Crippen molar-refractivity contribution in [2.45, 2.75) is 44.6 Å². The number of halogens is 1. The highest BCUT2D eigenvalue weighted by Gasteiger charge is 2.35. The molecule has 0 aliphatic heterocycles. The molecule has 0 spiro atoms. The van der Waals surface area contributed by atoms with E-state index in [-0.39, 0.29) is 11.4 Å². The third kappa shape index (κ3) is 2.66. The molecule has 1 aliphatic rings. The number of nitrogens with one attached hydrogen (secondary N) is 1. The van der Waals surface area contributed by atoms with Crippen LogP contribution in [0.5, 0.6) is 0 Å². The van der Waals surface area contributed by atoms with Crippen LogP contribution in [0, 0.1) is 0 Å². The van der Waals surface area contributed by atoms with Crippen LogP contribution < -0.4 is 5.32 Å².